The summed E-state index contributed by atoms with van der Waals surface area (Å²) >= 11 is 0. The second-order valence-corrected chi connectivity index (χ2v) is 2.62. The van der Waals surface area contributed by atoms with Gasteiger partial charge in [0.25, 0.3) is 0 Å². The molecule has 1 rings (SSSR count). The number of hydrogen-bond donors (Lipinski definition) is 1. The fourth-order valence-electron chi connectivity index (χ4n) is 0.785. The predicted molar refractivity (Wildman–Crippen MR) is 30.6 cm³/mol. The minimum atomic E-state index is -0.336. The Hall–Kier alpha value is -0.0800. The molecule has 0 bridgehead atoms. The number of hydrogen-bond acceptors (Lipinski definition) is 2. The molecule has 0 aromatic rings. The zero-order chi connectivity index (χ0) is 6.36. The molecule has 3 atom stereocenters. The van der Waals surface area contributed by atoms with Gasteiger partial charge in [0.05, 0.1) is 12.2 Å². The van der Waals surface area contributed by atoms with E-state index >= 15 is 0 Å². The van der Waals surface area contributed by atoms with Gasteiger partial charge in [0.15, 0.2) is 0 Å². The zero-order valence-corrected chi connectivity index (χ0v) is 5.51. The van der Waals surface area contributed by atoms with Crippen molar-refractivity contribution < 1.29 is 9.84 Å². The standard InChI is InChI=1S/C6H12O2/c1-4(7)6(3)5(2)8-6/h4-5,7H,1-3H3/t4-,5-,6+/m0/s1. The van der Waals surface area contributed by atoms with Gasteiger partial charge in [-0.1, -0.05) is 0 Å². The summed E-state index contributed by atoms with van der Waals surface area (Å²) in [4.78, 5) is 0. The van der Waals surface area contributed by atoms with E-state index in [-0.39, 0.29) is 17.8 Å². The molecule has 2 heteroatoms. The van der Waals surface area contributed by atoms with E-state index in [0.29, 0.717) is 0 Å². The highest BCUT2D eigenvalue weighted by Crippen LogP contribution is 2.38. The minimum Gasteiger partial charge on any atom is -0.390 e. The van der Waals surface area contributed by atoms with Crippen LogP contribution in [0.3, 0.4) is 0 Å². The molecule has 8 heavy (non-hydrogen) atoms. The van der Waals surface area contributed by atoms with Gasteiger partial charge in [0, 0.05) is 0 Å². The summed E-state index contributed by atoms with van der Waals surface area (Å²) in [6.45, 7) is 5.64. The predicted octanol–water partition coefficient (Wildman–Crippen LogP) is 0.545. The molecule has 1 heterocycles. The molecule has 1 N–H and O–H groups in total. The molecule has 0 unspecified atom stereocenters. The van der Waals surface area contributed by atoms with Crippen molar-refractivity contribution in [2.75, 3.05) is 0 Å². The summed E-state index contributed by atoms with van der Waals surface area (Å²) in [7, 11) is 0. The lowest BCUT2D eigenvalue weighted by Crippen LogP contribution is -2.24. The molecule has 1 aliphatic rings. The molecule has 0 aromatic carbocycles. The lowest BCUT2D eigenvalue weighted by molar-refractivity contribution is 0.101. The van der Waals surface area contributed by atoms with Gasteiger partial charge in [-0.15, -0.1) is 0 Å². The van der Waals surface area contributed by atoms with Crippen LogP contribution in [0.5, 0.6) is 0 Å². The number of ether oxygens (including phenoxy) is 1. The highest BCUT2D eigenvalue weighted by Gasteiger charge is 2.52. The van der Waals surface area contributed by atoms with Crippen molar-refractivity contribution in [1.29, 1.82) is 0 Å². The van der Waals surface area contributed by atoms with Crippen molar-refractivity contribution in [3.8, 4) is 0 Å². The minimum absolute atomic E-state index is 0.236. The smallest absolute Gasteiger partial charge is 0.117 e. The maximum Gasteiger partial charge on any atom is 0.117 e. The molecule has 0 aromatic heterocycles. The average molecular weight is 116 g/mol. The maximum absolute atomic E-state index is 9.00. The normalized spacial score (nSPS) is 48.8. The van der Waals surface area contributed by atoms with Crippen LogP contribution in [-0.4, -0.2) is 22.9 Å². The molecular formula is C6H12O2. The van der Waals surface area contributed by atoms with Crippen LogP contribution in [0.15, 0.2) is 0 Å². The van der Waals surface area contributed by atoms with Gasteiger partial charge < -0.3 is 9.84 Å². The Morgan fingerprint density at radius 2 is 2.12 bits per heavy atom. The zero-order valence-electron chi connectivity index (χ0n) is 5.51. The molecule has 0 radical (unpaired) electrons. The summed E-state index contributed by atoms with van der Waals surface area (Å²) in [6.07, 6.45) is -0.0972. The van der Waals surface area contributed by atoms with E-state index in [0.717, 1.165) is 0 Å². The Morgan fingerprint density at radius 3 is 2.12 bits per heavy atom. The molecule has 1 fully saturated rings. The molecule has 1 saturated heterocycles. The lowest BCUT2D eigenvalue weighted by atomic mass is 10.0. The van der Waals surface area contributed by atoms with Crippen LogP contribution in [0.2, 0.25) is 0 Å². The van der Waals surface area contributed by atoms with E-state index < -0.39 is 0 Å². The van der Waals surface area contributed by atoms with E-state index in [1.54, 1.807) is 6.92 Å². The molecule has 2 nitrogen and oxygen atoms in total. The summed E-state index contributed by atoms with van der Waals surface area (Å²) in [5.41, 5.74) is -0.236. The largest absolute Gasteiger partial charge is 0.390 e. The molecular weight excluding hydrogens is 104 g/mol. The van der Waals surface area contributed by atoms with E-state index in [1.807, 2.05) is 13.8 Å². The van der Waals surface area contributed by atoms with Crippen molar-refractivity contribution in [3.63, 3.8) is 0 Å². The average Bonchev–Trinajstić information content (AvgIpc) is 2.17. The topological polar surface area (TPSA) is 32.8 Å². The van der Waals surface area contributed by atoms with Crippen molar-refractivity contribution in [2.45, 2.75) is 38.6 Å². The van der Waals surface area contributed by atoms with Gasteiger partial charge in [-0.3, -0.25) is 0 Å². The van der Waals surface area contributed by atoms with Crippen molar-refractivity contribution in [3.05, 3.63) is 0 Å². The van der Waals surface area contributed by atoms with Crippen LogP contribution in [0.4, 0.5) is 0 Å². The Balaban J connectivity index is 2.47. The first-order valence-electron chi connectivity index (χ1n) is 2.93. The fraction of sp³-hybridized carbons (Fsp3) is 1.00. The number of rotatable bonds is 1. The second kappa shape index (κ2) is 1.45. The first kappa shape index (κ1) is 6.05. The second-order valence-electron chi connectivity index (χ2n) is 2.62. The van der Waals surface area contributed by atoms with Crippen LogP contribution in [0.1, 0.15) is 20.8 Å². The van der Waals surface area contributed by atoms with Gasteiger partial charge in [0.2, 0.25) is 0 Å². The Bertz CT molecular complexity index is 101. The SMILES string of the molecule is C[C@H](O)[C@@]1(C)O[C@H]1C. The van der Waals surface area contributed by atoms with Gasteiger partial charge in [-0.25, -0.2) is 0 Å². The Morgan fingerprint density at radius 1 is 1.75 bits per heavy atom. The van der Waals surface area contributed by atoms with Crippen molar-refractivity contribution in [2.24, 2.45) is 0 Å². The molecule has 0 amide bonds. The van der Waals surface area contributed by atoms with Gasteiger partial charge >= 0.3 is 0 Å². The first-order chi connectivity index (χ1) is 3.57. The summed E-state index contributed by atoms with van der Waals surface area (Å²) in [5.74, 6) is 0. The highest BCUT2D eigenvalue weighted by molar-refractivity contribution is 4.99. The number of aliphatic hydroxyl groups is 1. The van der Waals surface area contributed by atoms with Crippen molar-refractivity contribution in [1.82, 2.24) is 0 Å². The van der Waals surface area contributed by atoms with Crippen LogP contribution >= 0.6 is 0 Å². The molecule has 1 aliphatic heterocycles. The maximum atomic E-state index is 9.00. The molecule has 48 valence electrons. The van der Waals surface area contributed by atoms with Gasteiger partial charge in [-0.2, -0.15) is 0 Å². The van der Waals surface area contributed by atoms with Crippen LogP contribution in [0.25, 0.3) is 0 Å². The third-order valence-electron chi connectivity index (χ3n) is 2.01. The van der Waals surface area contributed by atoms with Crippen LogP contribution in [-0.2, 0) is 4.74 Å². The molecule has 0 spiro atoms. The monoisotopic (exact) mass is 116 g/mol. The lowest BCUT2D eigenvalue weighted by Gasteiger charge is -2.06. The van der Waals surface area contributed by atoms with E-state index in [4.69, 9.17) is 9.84 Å². The third kappa shape index (κ3) is 0.644. The molecule has 0 aliphatic carbocycles. The summed E-state index contributed by atoms with van der Waals surface area (Å²) < 4.78 is 5.12. The van der Waals surface area contributed by atoms with E-state index in [1.165, 1.54) is 0 Å². The quantitative estimate of drug-likeness (QED) is 0.507. The summed E-state index contributed by atoms with van der Waals surface area (Å²) in [5, 5.41) is 9.00. The molecule has 0 saturated carbocycles. The van der Waals surface area contributed by atoms with Crippen LogP contribution < -0.4 is 0 Å². The van der Waals surface area contributed by atoms with Crippen LogP contribution in [0, 0.1) is 0 Å². The Labute approximate surface area is 49.5 Å². The number of aliphatic hydroxyl groups excluding tert-OH is 1. The van der Waals surface area contributed by atoms with Crippen molar-refractivity contribution >= 4 is 0 Å². The van der Waals surface area contributed by atoms with Gasteiger partial charge in [0.1, 0.15) is 5.60 Å². The Kier molecular flexibility index (Phi) is 1.10. The van der Waals surface area contributed by atoms with E-state index in [9.17, 15) is 0 Å². The van der Waals surface area contributed by atoms with Gasteiger partial charge in [-0.05, 0) is 20.8 Å². The fourth-order valence-corrected chi connectivity index (χ4v) is 0.785. The first-order valence-corrected chi connectivity index (χ1v) is 2.93. The summed E-state index contributed by atoms with van der Waals surface area (Å²) in [6, 6.07) is 0. The number of epoxide rings is 1. The van der Waals surface area contributed by atoms with E-state index in [2.05, 4.69) is 0 Å². The third-order valence-corrected chi connectivity index (χ3v) is 2.01. The highest BCUT2D eigenvalue weighted by atomic mass is 16.6.